The van der Waals surface area contributed by atoms with Gasteiger partial charge in [0.25, 0.3) is 5.69 Å². The second-order valence-electron chi connectivity index (χ2n) is 4.22. The molecule has 4 heteroatoms. The normalized spacial score (nSPS) is 13.6. The van der Waals surface area contributed by atoms with E-state index in [2.05, 4.69) is 0 Å². The molecular weight excluding hydrogens is 218 g/mol. The molecule has 0 amide bonds. The number of non-ortho nitro benzene ring substituents is 1. The first-order valence-electron chi connectivity index (χ1n) is 5.60. The SMILES string of the molecule is O=[N+]([O-])c1ccc(-c2cc3c(o2)CCC3)cc1. The Kier molecular flexibility index (Phi) is 2.21. The van der Waals surface area contributed by atoms with Gasteiger partial charge < -0.3 is 4.42 Å². The fourth-order valence-electron chi connectivity index (χ4n) is 2.22. The van der Waals surface area contributed by atoms with Crippen LogP contribution >= 0.6 is 0 Å². The van der Waals surface area contributed by atoms with Crippen LogP contribution in [0.5, 0.6) is 0 Å². The highest BCUT2D eigenvalue weighted by atomic mass is 16.6. The van der Waals surface area contributed by atoms with Crippen molar-refractivity contribution in [1.29, 1.82) is 0 Å². The standard InChI is InChI=1S/C13H11NO3/c15-14(16)11-6-4-9(5-7-11)13-8-10-2-1-3-12(10)17-13/h4-8H,1-3H2. The van der Waals surface area contributed by atoms with E-state index >= 15 is 0 Å². The van der Waals surface area contributed by atoms with Gasteiger partial charge in [-0.05, 0) is 36.6 Å². The lowest BCUT2D eigenvalue weighted by Crippen LogP contribution is -1.86. The second kappa shape index (κ2) is 3.73. The average molecular weight is 229 g/mol. The molecule has 17 heavy (non-hydrogen) atoms. The maximum atomic E-state index is 10.5. The number of furan rings is 1. The van der Waals surface area contributed by atoms with Crippen molar-refractivity contribution in [2.75, 3.05) is 0 Å². The van der Waals surface area contributed by atoms with Crippen LogP contribution in [0.3, 0.4) is 0 Å². The molecule has 0 fully saturated rings. The van der Waals surface area contributed by atoms with Gasteiger partial charge in [0, 0.05) is 24.1 Å². The summed E-state index contributed by atoms with van der Waals surface area (Å²) in [4.78, 5) is 10.1. The molecule has 2 aromatic rings. The summed E-state index contributed by atoms with van der Waals surface area (Å²) in [6, 6.07) is 8.51. The molecule has 4 nitrogen and oxygen atoms in total. The van der Waals surface area contributed by atoms with Gasteiger partial charge >= 0.3 is 0 Å². The Hall–Kier alpha value is -2.10. The Balaban J connectivity index is 1.95. The number of benzene rings is 1. The summed E-state index contributed by atoms with van der Waals surface area (Å²) in [7, 11) is 0. The van der Waals surface area contributed by atoms with Crippen molar-refractivity contribution in [3.05, 3.63) is 51.8 Å². The minimum Gasteiger partial charge on any atom is -0.461 e. The monoisotopic (exact) mass is 229 g/mol. The lowest BCUT2D eigenvalue weighted by atomic mass is 10.1. The van der Waals surface area contributed by atoms with Crippen molar-refractivity contribution >= 4 is 5.69 Å². The minimum atomic E-state index is -0.397. The lowest BCUT2D eigenvalue weighted by Gasteiger charge is -1.97. The Morgan fingerprint density at radius 2 is 1.94 bits per heavy atom. The molecule has 0 bridgehead atoms. The third-order valence-electron chi connectivity index (χ3n) is 3.11. The molecule has 1 aliphatic rings. The quantitative estimate of drug-likeness (QED) is 0.586. The number of hydrogen-bond acceptors (Lipinski definition) is 3. The number of hydrogen-bond donors (Lipinski definition) is 0. The molecule has 0 saturated heterocycles. The predicted molar refractivity (Wildman–Crippen MR) is 62.8 cm³/mol. The highest BCUT2D eigenvalue weighted by molar-refractivity contribution is 5.61. The fraction of sp³-hybridized carbons (Fsp3) is 0.231. The van der Waals surface area contributed by atoms with E-state index in [1.54, 1.807) is 12.1 Å². The number of rotatable bonds is 2. The number of fused-ring (bicyclic) bond motifs is 1. The van der Waals surface area contributed by atoms with Gasteiger partial charge in [-0.3, -0.25) is 10.1 Å². The smallest absolute Gasteiger partial charge is 0.269 e. The maximum Gasteiger partial charge on any atom is 0.269 e. The highest BCUT2D eigenvalue weighted by Gasteiger charge is 2.17. The molecule has 1 aliphatic carbocycles. The highest BCUT2D eigenvalue weighted by Crippen LogP contribution is 2.31. The minimum absolute atomic E-state index is 0.104. The Labute approximate surface area is 98.0 Å². The van der Waals surface area contributed by atoms with Gasteiger partial charge in [0.05, 0.1) is 4.92 Å². The first kappa shape index (κ1) is 10.1. The number of nitro groups is 1. The molecule has 1 aromatic carbocycles. The van der Waals surface area contributed by atoms with Crippen LogP contribution in [-0.2, 0) is 12.8 Å². The van der Waals surface area contributed by atoms with E-state index in [9.17, 15) is 10.1 Å². The van der Waals surface area contributed by atoms with E-state index in [0.29, 0.717) is 0 Å². The zero-order chi connectivity index (χ0) is 11.8. The van der Waals surface area contributed by atoms with Crippen LogP contribution in [0.25, 0.3) is 11.3 Å². The van der Waals surface area contributed by atoms with Crippen molar-refractivity contribution in [3.63, 3.8) is 0 Å². The van der Waals surface area contributed by atoms with Crippen LogP contribution < -0.4 is 0 Å². The molecule has 0 aliphatic heterocycles. The first-order valence-corrected chi connectivity index (χ1v) is 5.60. The van der Waals surface area contributed by atoms with Gasteiger partial charge in [0.1, 0.15) is 11.5 Å². The van der Waals surface area contributed by atoms with Crippen LogP contribution in [0.1, 0.15) is 17.7 Å². The van der Waals surface area contributed by atoms with Crippen molar-refractivity contribution in [2.45, 2.75) is 19.3 Å². The summed E-state index contributed by atoms with van der Waals surface area (Å²) in [6.07, 6.45) is 3.24. The molecule has 86 valence electrons. The van der Waals surface area contributed by atoms with Crippen LogP contribution in [0.2, 0.25) is 0 Å². The molecule has 0 atom stereocenters. The molecule has 1 aromatic heterocycles. The summed E-state index contributed by atoms with van der Waals surface area (Å²) >= 11 is 0. The van der Waals surface area contributed by atoms with Crippen molar-refractivity contribution in [3.8, 4) is 11.3 Å². The number of aryl methyl sites for hydroxylation is 2. The van der Waals surface area contributed by atoms with Gasteiger partial charge in [-0.15, -0.1) is 0 Å². The average Bonchev–Trinajstić information content (AvgIpc) is 2.89. The molecule has 0 unspecified atom stereocenters. The summed E-state index contributed by atoms with van der Waals surface area (Å²) in [5.74, 6) is 1.88. The van der Waals surface area contributed by atoms with E-state index in [1.807, 2.05) is 6.07 Å². The van der Waals surface area contributed by atoms with Crippen LogP contribution in [0.4, 0.5) is 5.69 Å². The Bertz CT molecular complexity index is 547. The van der Waals surface area contributed by atoms with Crippen LogP contribution in [-0.4, -0.2) is 4.92 Å². The molecule has 1 heterocycles. The van der Waals surface area contributed by atoms with Gasteiger partial charge in [0.2, 0.25) is 0 Å². The van der Waals surface area contributed by atoms with Gasteiger partial charge in [-0.25, -0.2) is 0 Å². The van der Waals surface area contributed by atoms with E-state index in [0.717, 1.165) is 36.3 Å². The van der Waals surface area contributed by atoms with E-state index < -0.39 is 4.92 Å². The number of nitrogens with zero attached hydrogens (tertiary/aromatic N) is 1. The van der Waals surface area contributed by atoms with Gasteiger partial charge in [-0.1, -0.05) is 0 Å². The summed E-state index contributed by atoms with van der Waals surface area (Å²) in [5, 5.41) is 10.5. The Morgan fingerprint density at radius 3 is 2.59 bits per heavy atom. The molecular formula is C13H11NO3. The third kappa shape index (κ3) is 1.71. The summed E-state index contributed by atoms with van der Waals surface area (Å²) in [5.41, 5.74) is 2.27. The maximum absolute atomic E-state index is 10.5. The topological polar surface area (TPSA) is 56.3 Å². The van der Waals surface area contributed by atoms with Crippen LogP contribution in [0, 0.1) is 10.1 Å². The summed E-state index contributed by atoms with van der Waals surface area (Å²) in [6.45, 7) is 0. The second-order valence-corrected chi connectivity index (χ2v) is 4.22. The van der Waals surface area contributed by atoms with E-state index in [-0.39, 0.29) is 5.69 Å². The van der Waals surface area contributed by atoms with Crippen molar-refractivity contribution in [1.82, 2.24) is 0 Å². The lowest BCUT2D eigenvalue weighted by molar-refractivity contribution is -0.384. The number of nitro benzene ring substituents is 1. The zero-order valence-corrected chi connectivity index (χ0v) is 9.18. The predicted octanol–water partition coefficient (Wildman–Crippen LogP) is 3.34. The van der Waals surface area contributed by atoms with Crippen molar-refractivity contribution < 1.29 is 9.34 Å². The molecule has 0 saturated carbocycles. The Morgan fingerprint density at radius 1 is 1.18 bits per heavy atom. The zero-order valence-electron chi connectivity index (χ0n) is 9.18. The fourth-order valence-corrected chi connectivity index (χ4v) is 2.22. The molecule has 0 spiro atoms. The molecule has 3 rings (SSSR count). The van der Waals surface area contributed by atoms with Crippen molar-refractivity contribution in [2.24, 2.45) is 0 Å². The largest absolute Gasteiger partial charge is 0.461 e. The van der Waals surface area contributed by atoms with Gasteiger partial charge in [0.15, 0.2) is 0 Å². The van der Waals surface area contributed by atoms with Gasteiger partial charge in [-0.2, -0.15) is 0 Å². The van der Waals surface area contributed by atoms with E-state index in [4.69, 9.17) is 4.42 Å². The van der Waals surface area contributed by atoms with E-state index in [1.165, 1.54) is 17.7 Å². The molecule has 0 N–H and O–H groups in total. The van der Waals surface area contributed by atoms with Crippen LogP contribution in [0.15, 0.2) is 34.7 Å². The first-order chi connectivity index (χ1) is 8.24. The third-order valence-corrected chi connectivity index (χ3v) is 3.11. The summed E-state index contributed by atoms with van der Waals surface area (Å²) < 4.78 is 5.74. The molecule has 0 radical (unpaired) electrons.